The van der Waals surface area contributed by atoms with Gasteiger partial charge in [0.05, 0.1) is 10.9 Å². The molecule has 0 aliphatic heterocycles. The van der Waals surface area contributed by atoms with Gasteiger partial charge in [-0.05, 0) is 25.0 Å². The van der Waals surface area contributed by atoms with Crippen LogP contribution in [0.1, 0.15) is 11.4 Å². The number of nitrogens with zero attached hydrogens (tertiary/aromatic N) is 5. The number of hydrogen-bond acceptors (Lipinski definition) is 5. The lowest BCUT2D eigenvalue weighted by molar-refractivity contribution is -0.121. The molecular formula is C19H18N6O2. The second-order valence-electron chi connectivity index (χ2n) is 6.26. The maximum atomic E-state index is 12.7. The molecule has 1 aromatic carbocycles. The molecule has 0 atom stereocenters. The van der Waals surface area contributed by atoms with E-state index in [1.54, 1.807) is 19.2 Å². The monoisotopic (exact) mass is 362 g/mol. The Balaban J connectivity index is 1.50. The topological polar surface area (TPSA) is 94.2 Å². The van der Waals surface area contributed by atoms with E-state index in [0.717, 1.165) is 12.0 Å². The second-order valence-corrected chi connectivity index (χ2v) is 6.26. The summed E-state index contributed by atoms with van der Waals surface area (Å²) in [5.74, 6) is 0.811. The lowest BCUT2D eigenvalue weighted by atomic mass is 10.1. The number of pyridine rings is 1. The first kappa shape index (κ1) is 16.9. The molecule has 0 unspecified atom stereocenters. The highest BCUT2D eigenvalue weighted by molar-refractivity contribution is 5.80. The molecule has 1 amide bonds. The standard InChI is InChI=1S/C19H18N6O2/c1-13-22-19-21-11-15-16(25(19)23-13)8-10-24(18(15)27)12-17(26)20-9-7-14-5-3-2-4-6-14/h2-6,8,10-11H,7,9,12H2,1H3,(H,20,26). The Labute approximate surface area is 154 Å². The largest absolute Gasteiger partial charge is 0.354 e. The average Bonchev–Trinajstić information content (AvgIpc) is 3.05. The Bertz CT molecular complexity index is 1180. The first-order valence-corrected chi connectivity index (χ1v) is 8.64. The maximum absolute atomic E-state index is 12.7. The summed E-state index contributed by atoms with van der Waals surface area (Å²) in [7, 11) is 0. The number of aromatic nitrogens is 5. The van der Waals surface area contributed by atoms with Crippen LogP contribution >= 0.6 is 0 Å². The molecule has 4 rings (SSSR count). The van der Waals surface area contributed by atoms with Crippen LogP contribution in [0.15, 0.2) is 53.6 Å². The summed E-state index contributed by atoms with van der Waals surface area (Å²) in [4.78, 5) is 33.2. The summed E-state index contributed by atoms with van der Waals surface area (Å²) < 4.78 is 2.91. The normalized spacial score (nSPS) is 11.1. The third-order valence-corrected chi connectivity index (χ3v) is 4.31. The molecule has 4 aromatic rings. The van der Waals surface area contributed by atoms with Crippen LogP contribution < -0.4 is 10.9 Å². The summed E-state index contributed by atoms with van der Waals surface area (Å²) in [6, 6.07) is 11.7. The van der Waals surface area contributed by atoms with Gasteiger partial charge < -0.3 is 9.88 Å². The SMILES string of the molecule is Cc1nc2ncc3c(=O)n(CC(=O)NCCc4ccccc4)ccc3n2n1. The molecule has 8 nitrogen and oxygen atoms in total. The number of rotatable bonds is 5. The molecule has 27 heavy (non-hydrogen) atoms. The van der Waals surface area contributed by atoms with Gasteiger partial charge in [-0.2, -0.15) is 9.50 Å². The fraction of sp³-hybridized carbons (Fsp3) is 0.211. The van der Waals surface area contributed by atoms with Crippen molar-refractivity contribution in [3.8, 4) is 0 Å². The van der Waals surface area contributed by atoms with Gasteiger partial charge in [-0.15, -0.1) is 5.10 Å². The van der Waals surface area contributed by atoms with Gasteiger partial charge in [0, 0.05) is 18.9 Å². The molecule has 0 radical (unpaired) electrons. The molecule has 3 aromatic heterocycles. The van der Waals surface area contributed by atoms with E-state index in [1.807, 2.05) is 30.3 Å². The zero-order valence-electron chi connectivity index (χ0n) is 14.8. The van der Waals surface area contributed by atoms with E-state index in [9.17, 15) is 9.59 Å². The molecular weight excluding hydrogens is 344 g/mol. The van der Waals surface area contributed by atoms with Crippen LogP contribution in [0.3, 0.4) is 0 Å². The highest BCUT2D eigenvalue weighted by Crippen LogP contribution is 2.10. The molecule has 0 aliphatic rings. The molecule has 0 fully saturated rings. The molecule has 0 saturated heterocycles. The number of amides is 1. The fourth-order valence-electron chi connectivity index (χ4n) is 2.99. The van der Waals surface area contributed by atoms with E-state index in [4.69, 9.17) is 0 Å². The highest BCUT2D eigenvalue weighted by Gasteiger charge is 2.11. The number of hydrogen-bond donors (Lipinski definition) is 1. The van der Waals surface area contributed by atoms with Gasteiger partial charge in [0.1, 0.15) is 12.4 Å². The van der Waals surface area contributed by atoms with Crippen molar-refractivity contribution in [3.05, 3.63) is 70.5 Å². The van der Waals surface area contributed by atoms with E-state index in [0.29, 0.717) is 29.0 Å². The molecule has 3 heterocycles. The summed E-state index contributed by atoms with van der Waals surface area (Å²) in [5.41, 5.74) is 1.48. The fourth-order valence-corrected chi connectivity index (χ4v) is 2.99. The Kier molecular flexibility index (Phi) is 4.37. The molecule has 0 bridgehead atoms. The van der Waals surface area contributed by atoms with Crippen LogP contribution in [0.4, 0.5) is 0 Å². The van der Waals surface area contributed by atoms with E-state index in [1.165, 1.54) is 15.3 Å². The Morgan fingerprint density at radius 1 is 1.19 bits per heavy atom. The van der Waals surface area contributed by atoms with Crippen molar-refractivity contribution in [1.29, 1.82) is 0 Å². The maximum Gasteiger partial charge on any atom is 0.262 e. The van der Waals surface area contributed by atoms with E-state index >= 15 is 0 Å². The first-order valence-electron chi connectivity index (χ1n) is 8.64. The van der Waals surface area contributed by atoms with E-state index in [2.05, 4.69) is 20.4 Å². The number of benzene rings is 1. The van der Waals surface area contributed by atoms with Crippen molar-refractivity contribution in [3.63, 3.8) is 0 Å². The lowest BCUT2D eigenvalue weighted by Gasteiger charge is -2.09. The zero-order valence-corrected chi connectivity index (χ0v) is 14.8. The minimum absolute atomic E-state index is 0.0437. The van der Waals surface area contributed by atoms with Crippen molar-refractivity contribution in [2.24, 2.45) is 0 Å². The minimum Gasteiger partial charge on any atom is -0.354 e. The summed E-state index contributed by atoms with van der Waals surface area (Å²) >= 11 is 0. The van der Waals surface area contributed by atoms with E-state index < -0.39 is 0 Å². The van der Waals surface area contributed by atoms with Crippen molar-refractivity contribution in [2.75, 3.05) is 6.54 Å². The van der Waals surface area contributed by atoms with Crippen molar-refractivity contribution in [2.45, 2.75) is 19.9 Å². The molecule has 1 N–H and O–H groups in total. The number of fused-ring (bicyclic) bond motifs is 3. The van der Waals surface area contributed by atoms with Gasteiger partial charge >= 0.3 is 0 Å². The van der Waals surface area contributed by atoms with Crippen molar-refractivity contribution < 1.29 is 4.79 Å². The van der Waals surface area contributed by atoms with Crippen LogP contribution in [-0.4, -0.2) is 36.6 Å². The van der Waals surface area contributed by atoms with Gasteiger partial charge in [0.2, 0.25) is 5.91 Å². The van der Waals surface area contributed by atoms with Crippen LogP contribution in [-0.2, 0) is 17.8 Å². The van der Waals surface area contributed by atoms with Crippen LogP contribution in [0, 0.1) is 6.92 Å². The number of aryl methyl sites for hydroxylation is 1. The first-order chi connectivity index (χ1) is 13.1. The summed E-state index contributed by atoms with van der Waals surface area (Å²) in [6.07, 6.45) is 3.82. The minimum atomic E-state index is -0.284. The molecule has 0 spiro atoms. The van der Waals surface area contributed by atoms with Crippen LogP contribution in [0.5, 0.6) is 0 Å². The Morgan fingerprint density at radius 2 is 2.00 bits per heavy atom. The number of nitrogens with one attached hydrogen (secondary N) is 1. The van der Waals surface area contributed by atoms with Crippen LogP contribution in [0.25, 0.3) is 16.7 Å². The molecule has 0 saturated carbocycles. The predicted molar refractivity (Wildman–Crippen MR) is 100 cm³/mol. The van der Waals surface area contributed by atoms with Crippen LogP contribution in [0.2, 0.25) is 0 Å². The molecule has 0 aliphatic carbocycles. The molecule has 8 heteroatoms. The van der Waals surface area contributed by atoms with Gasteiger partial charge in [0.25, 0.3) is 11.3 Å². The number of carbonyl (C=O) groups excluding carboxylic acids is 1. The smallest absolute Gasteiger partial charge is 0.262 e. The van der Waals surface area contributed by atoms with Crippen molar-refractivity contribution in [1.82, 2.24) is 29.5 Å². The van der Waals surface area contributed by atoms with Gasteiger partial charge in [-0.25, -0.2) is 4.98 Å². The predicted octanol–water partition coefficient (Wildman–Crippen LogP) is 1.11. The molecule has 136 valence electrons. The number of carbonyl (C=O) groups is 1. The van der Waals surface area contributed by atoms with E-state index in [-0.39, 0.29) is 18.0 Å². The summed E-state index contributed by atoms with van der Waals surface area (Å²) in [5, 5.41) is 7.50. The van der Waals surface area contributed by atoms with Gasteiger partial charge in [0.15, 0.2) is 0 Å². The van der Waals surface area contributed by atoms with Crippen molar-refractivity contribution >= 4 is 22.6 Å². The third-order valence-electron chi connectivity index (χ3n) is 4.31. The quantitative estimate of drug-likeness (QED) is 0.574. The zero-order chi connectivity index (χ0) is 18.8. The van der Waals surface area contributed by atoms with Gasteiger partial charge in [-0.3, -0.25) is 9.59 Å². The second kappa shape index (κ2) is 6.99. The Hall–Kier alpha value is -3.55. The highest BCUT2D eigenvalue weighted by atomic mass is 16.2. The Morgan fingerprint density at radius 3 is 2.81 bits per heavy atom. The lowest BCUT2D eigenvalue weighted by Crippen LogP contribution is -2.33. The average molecular weight is 362 g/mol. The summed E-state index contributed by atoms with van der Waals surface area (Å²) in [6.45, 7) is 2.24. The third kappa shape index (κ3) is 3.41. The van der Waals surface area contributed by atoms with Gasteiger partial charge in [-0.1, -0.05) is 30.3 Å².